The lowest BCUT2D eigenvalue weighted by molar-refractivity contribution is -0.138. The first-order chi connectivity index (χ1) is 15.1. The number of nitrogens with zero attached hydrogens (tertiary/aromatic N) is 2. The number of allylic oxidation sites excluding steroid dienone is 2. The number of carbonyl (C=O) groups is 1. The van der Waals surface area contributed by atoms with Gasteiger partial charge in [-0.2, -0.15) is 0 Å². The zero-order valence-corrected chi connectivity index (χ0v) is 17.8. The highest BCUT2D eigenvalue weighted by molar-refractivity contribution is 5.83. The fourth-order valence-corrected chi connectivity index (χ4v) is 3.39. The summed E-state index contributed by atoms with van der Waals surface area (Å²) >= 11 is 0. The summed E-state index contributed by atoms with van der Waals surface area (Å²) in [4.78, 5) is 29.1. The van der Waals surface area contributed by atoms with E-state index in [0.717, 1.165) is 11.1 Å². The molecule has 0 saturated carbocycles. The van der Waals surface area contributed by atoms with Crippen molar-refractivity contribution in [2.24, 2.45) is 7.05 Å². The van der Waals surface area contributed by atoms with Crippen LogP contribution in [0.25, 0.3) is 22.3 Å². The van der Waals surface area contributed by atoms with Gasteiger partial charge in [0.15, 0.2) is 6.04 Å². The number of fused-ring (bicyclic) bond motifs is 1. The van der Waals surface area contributed by atoms with Gasteiger partial charge in [-0.05, 0) is 30.0 Å². The van der Waals surface area contributed by atoms with Crippen molar-refractivity contribution in [2.75, 3.05) is 0 Å². The van der Waals surface area contributed by atoms with Crippen LogP contribution >= 0.6 is 0 Å². The van der Waals surface area contributed by atoms with E-state index in [1.54, 1.807) is 36.0 Å². The van der Waals surface area contributed by atoms with Crippen LogP contribution in [0.3, 0.4) is 0 Å². The zero-order chi connectivity index (χ0) is 22.4. The molecule has 0 amide bonds. The molecule has 4 rings (SSSR count). The highest BCUT2D eigenvalue weighted by Gasteiger charge is 2.22. The average molecular weight is 418 g/mol. The molecule has 0 saturated heterocycles. The van der Waals surface area contributed by atoms with E-state index in [4.69, 9.17) is 4.98 Å². The molecule has 160 valence electrons. The summed E-state index contributed by atoms with van der Waals surface area (Å²) in [5.74, 6) is -0.384. The van der Waals surface area contributed by atoms with Crippen LogP contribution in [0.4, 0.5) is 0 Å². The molecule has 2 aromatic carbocycles. The predicted molar refractivity (Wildman–Crippen MR) is 122 cm³/mol. The summed E-state index contributed by atoms with van der Waals surface area (Å²) in [6.07, 6.45) is 5.06. The molecule has 7 nitrogen and oxygen atoms in total. The fourth-order valence-electron chi connectivity index (χ4n) is 3.39. The molecule has 0 radical (unpaired) electrons. The van der Waals surface area contributed by atoms with Gasteiger partial charge in [-0.3, -0.25) is 9.36 Å². The smallest absolute Gasteiger partial charge is 0.332 e. The normalized spacial score (nSPS) is 14.8. The number of hydrogen-bond donors (Lipinski definition) is 3. The van der Waals surface area contributed by atoms with Crippen LogP contribution in [-0.4, -0.2) is 26.7 Å². The summed E-state index contributed by atoms with van der Waals surface area (Å²) in [5.41, 5.74) is 2.70. The highest BCUT2D eigenvalue weighted by Crippen LogP contribution is 2.20. The van der Waals surface area contributed by atoms with Crippen molar-refractivity contribution in [3.63, 3.8) is 0 Å². The Morgan fingerprint density at radius 1 is 1.16 bits per heavy atom. The lowest BCUT2D eigenvalue weighted by atomic mass is 10.1. The molecule has 0 bridgehead atoms. The fraction of sp³-hybridized carbons (Fsp3) is 0.208. The Kier molecular flexibility index (Phi) is 6.87. The molecule has 1 aliphatic rings. The standard InChI is InChI=1S/C22H20N4O3.C2H6/c1-26-20(14-7-3-2-4-8-14)25-18-15(9-5-10-16(18)21(26)27)13-24-17-11-6-12-23-19(17)22(28)29;1-2/h2-12,19,23-24H,13H2,1H3,(H,28,29);1-2H3. The zero-order valence-electron chi connectivity index (χ0n) is 17.8. The minimum Gasteiger partial charge on any atom is -0.479 e. The Balaban J connectivity index is 0.00000132. The van der Waals surface area contributed by atoms with E-state index in [0.29, 0.717) is 29.0 Å². The molecule has 1 atom stereocenters. The number of dihydropyridines is 1. The van der Waals surface area contributed by atoms with Gasteiger partial charge in [-0.1, -0.05) is 56.3 Å². The molecule has 0 aliphatic carbocycles. The maximum atomic E-state index is 12.9. The van der Waals surface area contributed by atoms with Crippen LogP contribution in [0, 0.1) is 0 Å². The van der Waals surface area contributed by atoms with Crippen molar-refractivity contribution in [3.05, 3.63) is 88.5 Å². The third kappa shape index (κ3) is 4.50. The highest BCUT2D eigenvalue weighted by atomic mass is 16.4. The molecular formula is C24H26N4O3. The first-order valence-electron chi connectivity index (χ1n) is 10.2. The number of carboxylic acid groups (broad SMARTS) is 1. The Morgan fingerprint density at radius 3 is 2.61 bits per heavy atom. The monoisotopic (exact) mass is 418 g/mol. The summed E-state index contributed by atoms with van der Waals surface area (Å²) in [7, 11) is 1.71. The Labute approximate surface area is 180 Å². The molecule has 1 aliphatic heterocycles. The summed E-state index contributed by atoms with van der Waals surface area (Å²) in [6.45, 7) is 4.34. The average Bonchev–Trinajstić information content (AvgIpc) is 2.82. The third-order valence-electron chi connectivity index (χ3n) is 4.90. The Hall–Kier alpha value is -3.87. The molecule has 31 heavy (non-hydrogen) atoms. The van der Waals surface area contributed by atoms with Gasteiger partial charge >= 0.3 is 5.97 Å². The van der Waals surface area contributed by atoms with Crippen LogP contribution in [0.1, 0.15) is 19.4 Å². The van der Waals surface area contributed by atoms with Crippen molar-refractivity contribution in [1.82, 2.24) is 20.2 Å². The van der Waals surface area contributed by atoms with Crippen LogP contribution in [-0.2, 0) is 18.4 Å². The van der Waals surface area contributed by atoms with Crippen molar-refractivity contribution < 1.29 is 9.90 Å². The second kappa shape index (κ2) is 9.75. The number of hydrogen-bond acceptors (Lipinski definition) is 5. The third-order valence-corrected chi connectivity index (χ3v) is 4.90. The molecule has 1 aromatic heterocycles. The van der Waals surface area contributed by atoms with Crippen LogP contribution in [0.5, 0.6) is 0 Å². The van der Waals surface area contributed by atoms with Crippen LogP contribution < -0.4 is 16.2 Å². The lowest BCUT2D eigenvalue weighted by Gasteiger charge is -2.21. The predicted octanol–water partition coefficient (Wildman–Crippen LogP) is 3.17. The molecule has 1 unspecified atom stereocenters. The second-order valence-electron chi connectivity index (χ2n) is 6.75. The molecule has 7 heteroatoms. The van der Waals surface area contributed by atoms with E-state index in [9.17, 15) is 14.7 Å². The number of benzene rings is 2. The molecule has 3 aromatic rings. The van der Waals surface area contributed by atoms with E-state index in [1.165, 1.54) is 0 Å². The minimum absolute atomic E-state index is 0.124. The first kappa shape index (κ1) is 21.8. The van der Waals surface area contributed by atoms with Crippen LogP contribution in [0.2, 0.25) is 0 Å². The maximum Gasteiger partial charge on any atom is 0.332 e. The molecular weight excluding hydrogens is 392 g/mol. The van der Waals surface area contributed by atoms with Gasteiger partial charge in [0.1, 0.15) is 5.82 Å². The summed E-state index contributed by atoms with van der Waals surface area (Å²) < 4.78 is 1.55. The van der Waals surface area contributed by atoms with E-state index in [2.05, 4.69) is 10.6 Å². The Morgan fingerprint density at radius 2 is 1.90 bits per heavy atom. The first-order valence-corrected chi connectivity index (χ1v) is 10.2. The van der Waals surface area contributed by atoms with E-state index < -0.39 is 12.0 Å². The Bertz CT molecular complexity index is 1200. The summed E-state index contributed by atoms with van der Waals surface area (Å²) in [5, 5.41) is 15.9. The van der Waals surface area contributed by atoms with E-state index in [1.807, 2.05) is 56.3 Å². The molecule has 3 N–H and O–H groups in total. The number of nitrogens with one attached hydrogen (secondary N) is 2. The van der Waals surface area contributed by atoms with E-state index in [-0.39, 0.29) is 5.56 Å². The van der Waals surface area contributed by atoms with Crippen LogP contribution in [0.15, 0.2) is 77.4 Å². The summed E-state index contributed by atoms with van der Waals surface area (Å²) in [6, 6.07) is 14.2. The number of rotatable bonds is 5. The molecule has 0 fully saturated rings. The lowest BCUT2D eigenvalue weighted by Crippen LogP contribution is -2.41. The molecule has 2 heterocycles. The molecule has 0 spiro atoms. The van der Waals surface area contributed by atoms with Gasteiger partial charge in [-0.15, -0.1) is 0 Å². The minimum atomic E-state index is -0.968. The van der Waals surface area contributed by atoms with E-state index >= 15 is 0 Å². The number of aromatic nitrogens is 2. The SMILES string of the molecule is CC.Cn1c(-c2ccccc2)nc2c(CNC3=CC=CNC3C(=O)O)cccc2c1=O. The van der Waals surface area contributed by atoms with Crippen molar-refractivity contribution in [1.29, 1.82) is 0 Å². The van der Waals surface area contributed by atoms with Gasteiger partial charge in [0.05, 0.1) is 10.9 Å². The van der Waals surface area contributed by atoms with Gasteiger partial charge in [0, 0.05) is 24.9 Å². The van der Waals surface area contributed by atoms with Gasteiger partial charge in [0.2, 0.25) is 0 Å². The van der Waals surface area contributed by atoms with Crippen molar-refractivity contribution in [2.45, 2.75) is 26.4 Å². The van der Waals surface area contributed by atoms with Gasteiger partial charge in [-0.25, -0.2) is 9.78 Å². The quantitative estimate of drug-likeness (QED) is 0.589. The topological polar surface area (TPSA) is 96.2 Å². The number of carboxylic acids is 1. The van der Waals surface area contributed by atoms with Gasteiger partial charge < -0.3 is 15.7 Å². The number of aliphatic carboxylic acids is 1. The maximum absolute atomic E-state index is 12.9. The second-order valence-corrected chi connectivity index (χ2v) is 6.75. The largest absolute Gasteiger partial charge is 0.479 e. The van der Waals surface area contributed by atoms with Gasteiger partial charge in [0.25, 0.3) is 5.56 Å². The van der Waals surface area contributed by atoms with Crippen molar-refractivity contribution in [3.8, 4) is 11.4 Å². The van der Waals surface area contributed by atoms with Crippen molar-refractivity contribution >= 4 is 16.9 Å². The number of para-hydroxylation sites is 1.